The van der Waals surface area contributed by atoms with E-state index < -0.39 is 66.4 Å². The Hall–Kier alpha value is -3.98. The molecule has 1 fully saturated rings. The van der Waals surface area contributed by atoms with E-state index in [1.54, 1.807) is 24.3 Å². The monoisotopic (exact) mass is 600 g/mol. The fourth-order valence-electron chi connectivity index (χ4n) is 4.31. The Bertz CT molecular complexity index is 1260. The van der Waals surface area contributed by atoms with Gasteiger partial charge in [-0.25, -0.2) is 0 Å². The number of nitrogens with zero attached hydrogens (tertiary/aromatic N) is 1. The van der Waals surface area contributed by atoms with E-state index in [0.29, 0.717) is 11.3 Å². The van der Waals surface area contributed by atoms with Crippen molar-refractivity contribution >= 4 is 41.3 Å². The number of thioether (sulfide) groups is 1. The van der Waals surface area contributed by atoms with Gasteiger partial charge in [0.25, 0.3) is 5.91 Å². The zero-order chi connectivity index (χ0) is 30.8. The number of phenolic OH excluding ortho intramolecular Hbond substituents is 1. The van der Waals surface area contributed by atoms with Crippen LogP contribution in [0.5, 0.6) is 5.75 Å². The Morgan fingerprint density at radius 2 is 1.64 bits per heavy atom. The second-order valence-corrected chi connectivity index (χ2v) is 11.0. The van der Waals surface area contributed by atoms with Gasteiger partial charge in [0.05, 0.1) is 30.6 Å². The van der Waals surface area contributed by atoms with Crippen molar-refractivity contribution in [2.75, 3.05) is 18.2 Å². The number of primary amides is 1. The Labute approximate surface area is 247 Å². The first-order valence-electron chi connectivity index (χ1n) is 13.3. The number of carbonyl (C=O) groups excluding carboxylic acids is 5. The smallest absolute Gasteiger partial charge is 0.251 e. The number of nitrogens with two attached hydrogens (primary N) is 2. The molecule has 1 aliphatic rings. The zero-order valence-corrected chi connectivity index (χ0v) is 23.9. The third-order valence-electron chi connectivity index (χ3n) is 6.64. The van der Waals surface area contributed by atoms with Crippen LogP contribution in [0.3, 0.4) is 0 Å². The first-order chi connectivity index (χ1) is 20.0. The summed E-state index contributed by atoms with van der Waals surface area (Å²) in [6.45, 7) is 0.828. The minimum atomic E-state index is -1.48. The third kappa shape index (κ3) is 9.27. The van der Waals surface area contributed by atoms with Crippen molar-refractivity contribution in [3.8, 4) is 5.75 Å². The van der Waals surface area contributed by atoms with Crippen molar-refractivity contribution in [3.63, 3.8) is 0 Å². The quantitative estimate of drug-likeness (QED) is 0.139. The van der Waals surface area contributed by atoms with E-state index in [2.05, 4.69) is 16.0 Å². The maximum Gasteiger partial charge on any atom is 0.251 e. The average molecular weight is 601 g/mol. The molecule has 1 saturated heterocycles. The largest absolute Gasteiger partial charge is 0.508 e. The van der Waals surface area contributed by atoms with E-state index in [9.17, 15) is 34.2 Å². The van der Waals surface area contributed by atoms with Crippen LogP contribution >= 0.6 is 11.8 Å². The Balaban J connectivity index is 1.60. The molecular formula is C28H36N6O7S. The number of rotatable bonds is 13. The molecule has 226 valence electrons. The Morgan fingerprint density at radius 1 is 1.00 bits per heavy atom. The topological polar surface area (TPSA) is 217 Å². The van der Waals surface area contributed by atoms with Crippen LogP contribution in [0.25, 0.3) is 0 Å². The molecule has 0 unspecified atom stereocenters. The normalized spacial score (nSPS) is 17.5. The van der Waals surface area contributed by atoms with Gasteiger partial charge in [0.15, 0.2) is 0 Å². The average Bonchev–Trinajstić information content (AvgIpc) is 3.45. The van der Waals surface area contributed by atoms with E-state index in [4.69, 9.17) is 11.5 Å². The van der Waals surface area contributed by atoms with Crippen molar-refractivity contribution in [1.82, 2.24) is 20.9 Å². The highest BCUT2D eigenvalue weighted by Crippen LogP contribution is 2.22. The van der Waals surface area contributed by atoms with E-state index >= 15 is 0 Å². The van der Waals surface area contributed by atoms with Gasteiger partial charge in [-0.15, -0.1) is 11.8 Å². The molecular weight excluding hydrogens is 564 g/mol. The van der Waals surface area contributed by atoms with Crippen LogP contribution in [0.15, 0.2) is 54.6 Å². The molecule has 3 rings (SSSR count). The molecule has 0 bridgehead atoms. The van der Waals surface area contributed by atoms with Gasteiger partial charge >= 0.3 is 0 Å². The molecule has 9 N–H and O–H groups in total. The summed E-state index contributed by atoms with van der Waals surface area (Å²) < 4.78 is 0. The molecule has 13 nitrogen and oxygen atoms in total. The number of benzene rings is 2. The van der Waals surface area contributed by atoms with Crippen LogP contribution in [0.1, 0.15) is 18.1 Å². The van der Waals surface area contributed by atoms with Gasteiger partial charge in [0.1, 0.15) is 17.8 Å². The predicted octanol–water partition coefficient (Wildman–Crippen LogP) is -1.64. The van der Waals surface area contributed by atoms with Crippen LogP contribution in [-0.2, 0) is 36.8 Å². The van der Waals surface area contributed by atoms with Crippen LogP contribution in [0.2, 0.25) is 0 Å². The summed E-state index contributed by atoms with van der Waals surface area (Å²) in [4.78, 5) is 64.7. The lowest BCUT2D eigenvalue weighted by molar-refractivity contribution is -0.139. The molecule has 1 heterocycles. The highest BCUT2D eigenvalue weighted by molar-refractivity contribution is 7.99. The molecule has 0 radical (unpaired) electrons. The summed E-state index contributed by atoms with van der Waals surface area (Å²) in [6, 6.07) is 10.9. The van der Waals surface area contributed by atoms with Crippen LogP contribution in [0.4, 0.5) is 0 Å². The summed E-state index contributed by atoms with van der Waals surface area (Å²) in [5.74, 6) is -2.82. The highest BCUT2D eigenvalue weighted by atomic mass is 32.2. The number of aliphatic hydroxyl groups is 1. The lowest BCUT2D eigenvalue weighted by Crippen LogP contribution is -2.58. The number of hydrogen-bond donors (Lipinski definition) is 7. The number of nitrogens with one attached hydrogen (secondary N) is 3. The second-order valence-electron chi connectivity index (χ2n) is 9.97. The number of aromatic hydroxyl groups is 1. The van der Waals surface area contributed by atoms with Crippen LogP contribution in [0, 0.1) is 0 Å². The summed E-state index contributed by atoms with van der Waals surface area (Å²) >= 11 is 1.39. The first kappa shape index (κ1) is 32.5. The van der Waals surface area contributed by atoms with Gasteiger partial charge in [-0.2, -0.15) is 0 Å². The first-order valence-corrected chi connectivity index (χ1v) is 14.4. The van der Waals surface area contributed by atoms with Crippen LogP contribution < -0.4 is 27.4 Å². The molecule has 2 aromatic carbocycles. The van der Waals surface area contributed by atoms with Crippen molar-refractivity contribution in [3.05, 3.63) is 65.7 Å². The minimum absolute atomic E-state index is 0.0578. The number of imide groups is 1. The fraction of sp³-hybridized carbons (Fsp3) is 0.393. The summed E-state index contributed by atoms with van der Waals surface area (Å²) in [5.41, 5.74) is 12.9. The van der Waals surface area contributed by atoms with Gasteiger partial charge in [0, 0.05) is 5.75 Å². The lowest BCUT2D eigenvalue weighted by Gasteiger charge is -2.27. The number of carbonyl (C=O) groups is 5. The number of amides is 5. The maximum absolute atomic E-state index is 13.4. The highest BCUT2D eigenvalue weighted by Gasteiger charge is 2.37. The minimum Gasteiger partial charge on any atom is -0.508 e. The lowest BCUT2D eigenvalue weighted by atomic mass is 10.0. The molecule has 5 atom stereocenters. The van der Waals surface area contributed by atoms with Crippen molar-refractivity contribution in [2.24, 2.45) is 11.5 Å². The molecule has 0 spiro atoms. The molecule has 0 aromatic heterocycles. The van der Waals surface area contributed by atoms with E-state index in [-0.39, 0.29) is 24.5 Å². The number of phenols is 1. The van der Waals surface area contributed by atoms with Gasteiger partial charge < -0.3 is 31.9 Å². The SMILES string of the molecule is C[C@H](O)[C@@H](NC(=O)[C@@H](N)Cc1ccc(O)cc1)C(=O)NC(=O)CN[C@@H](Cc1ccccc1)C(=O)N1CSC[C@H]1C(N)=O. The maximum atomic E-state index is 13.4. The Morgan fingerprint density at radius 3 is 2.26 bits per heavy atom. The second kappa shape index (κ2) is 15.3. The summed E-state index contributed by atoms with van der Waals surface area (Å²) in [6.07, 6.45) is -1.05. The number of hydrogen-bond acceptors (Lipinski definition) is 10. The summed E-state index contributed by atoms with van der Waals surface area (Å²) in [7, 11) is 0. The van der Waals surface area contributed by atoms with Gasteiger partial charge in [-0.05, 0) is 43.0 Å². The molecule has 2 aromatic rings. The molecule has 5 amide bonds. The third-order valence-corrected chi connectivity index (χ3v) is 7.65. The van der Waals surface area contributed by atoms with E-state index in [1.165, 1.54) is 35.7 Å². The van der Waals surface area contributed by atoms with Gasteiger partial charge in [-0.3, -0.25) is 34.6 Å². The molecule has 0 saturated carbocycles. The summed E-state index contributed by atoms with van der Waals surface area (Å²) in [5, 5.41) is 26.9. The molecule has 14 heteroatoms. The van der Waals surface area contributed by atoms with Gasteiger partial charge in [0.2, 0.25) is 23.6 Å². The van der Waals surface area contributed by atoms with E-state index in [0.717, 1.165) is 5.56 Å². The molecule has 42 heavy (non-hydrogen) atoms. The molecule has 1 aliphatic heterocycles. The van der Waals surface area contributed by atoms with Crippen molar-refractivity contribution in [1.29, 1.82) is 0 Å². The van der Waals surface area contributed by atoms with Crippen LogP contribution in [-0.4, -0.2) is 93.1 Å². The fourth-order valence-corrected chi connectivity index (χ4v) is 5.49. The van der Waals surface area contributed by atoms with Gasteiger partial charge in [-0.1, -0.05) is 42.5 Å². The predicted molar refractivity (Wildman–Crippen MR) is 156 cm³/mol. The number of aliphatic hydroxyl groups excluding tert-OH is 1. The van der Waals surface area contributed by atoms with Crippen molar-refractivity contribution < 1.29 is 34.2 Å². The zero-order valence-electron chi connectivity index (χ0n) is 23.1. The van der Waals surface area contributed by atoms with Crippen molar-refractivity contribution in [2.45, 2.75) is 50.0 Å². The standard InChI is InChI=1S/C28H36N6O7S/c1-16(35)24(33-26(39)20(29)11-18-7-9-19(36)10-8-18)27(40)32-23(37)13-31-21(12-17-5-3-2-4-6-17)28(41)34-15-42-14-22(34)25(30)38/h2-10,16,20-22,24,31,35-36H,11-15,29H2,1H3,(H2,30,38)(H,33,39)(H,32,37,40)/t16-,20-,21-,22-,24+/m0/s1. The molecule has 0 aliphatic carbocycles. The Kier molecular flexibility index (Phi) is 11.9. The van der Waals surface area contributed by atoms with E-state index in [1.807, 2.05) is 18.2 Å².